The maximum atomic E-state index is 9.88. The van der Waals surface area contributed by atoms with Crippen LogP contribution in [0.4, 0.5) is 5.69 Å². The molecule has 174 valence electrons. The van der Waals surface area contributed by atoms with Crippen molar-refractivity contribution in [3.63, 3.8) is 0 Å². The van der Waals surface area contributed by atoms with Gasteiger partial charge in [0.1, 0.15) is 22.9 Å². The minimum atomic E-state index is -0.206. The molecule has 0 atom stereocenters. The molecule has 2 rings (SSSR count). The standard InChI is InChI=1S/C27H40N3OS/c1-9-15-29(16-10-2)25-14-13-23-17-22(11-12-24(23)18-25)21(3)26(19-28)32-30(7,8)20-31-27(4,5)6/h11-14,17-18H,9-10,15-16,20H2,1-8H3/q+1/b26-21+. The van der Waals surface area contributed by atoms with Crippen LogP contribution in [-0.4, -0.2) is 43.4 Å². The molecule has 0 heterocycles. The van der Waals surface area contributed by atoms with Crippen LogP contribution in [0.15, 0.2) is 41.3 Å². The number of benzene rings is 2. The third-order valence-corrected chi connectivity index (χ3v) is 6.38. The van der Waals surface area contributed by atoms with E-state index in [1.54, 1.807) is 0 Å². The first kappa shape index (κ1) is 26.3. The Morgan fingerprint density at radius 3 is 2.19 bits per heavy atom. The molecule has 5 heteroatoms. The summed E-state index contributed by atoms with van der Waals surface area (Å²) in [4.78, 5) is 3.18. The predicted octanol–water partition coefficient (Wildman–Crippen LogP) is 7.22. The second kappa shape index (κ2) is 11.2. The Bertz CT molecular complexity index is 977. The first-order chi connectivity index (χ1) is 15.0. The maximum absolute atomic E-state index is 9.88. The Morgan fingerprint density at radius 2 is 1.62 bits per heavy atom. The Hall–Kier alpha value is -2.00. The quantitative estimate of drug-likeness (QED) is 0.164. The SMILES string of the molecule is CCCN(CCC)c1ccc2cc(/C(C)=C(\C#N)S[N+](C)(C)COC(C)(C)C)ccc2c1. The number of anilines is 1. The molecule has 0 aromatic heterocycles. The summed E-state index contributed by atoms with van der Waals surface area (Å²) in [5.41, 5.74) is 3.17. The third-order valence-electron chi connectivity index (χ3n) is 5.20. The van der Waals surface area contributed by atoms with Crippen LogP contribution in [0.25, 0.3) is 16.3 Å². The summed E-state index contributed by atoms with van der Waals surface area (Å²) < 4.78 is 6.49. The predicted molar refractivity (Wildman–Crippen MR) is 140 cm³/mol. The number of nitriles is 1. The third kappa shape index (κ3) is 7.55. The zero-order valence-electron chi connectivity index (χ0n) is 21.2. The molecule has 0 unspecified atom stereocenters. The highest BCUT2D eigenvalue weighted by atomic mass is 32.2. The molecule has 2 aromatic rings. The molecule has 0 radical (unpaired) electrons. The molecule has 32 heavy (non-hydrogen) atoms. The fourth-order valence-electron chi connectivity index (χ4n) is 3.50. The molecule has 0 aliphatic rings. The van der Waals surface area contributed by atoms with Crippen LogP contribution in [0.5, 0.6) is 0 Å². The van der Waals surface area contributed by atoms with Gasteiger partial charge in [-0.1, -0.05) is 32.0 Å². The number of fused-ring (bicyclic) bond motifs is 1. The van der Waals surface area contributed by atoms with Gasteiger partial charge in [-0.15, -0.1) is 0 Å². The van der Waals surface area contributed by atoms with E-state index in [9.17, 15) is 5.26 Å². The van der Waals surface area contributed by atoms with Crippen molar-refractivity contribution in [1.29, 1.82) is 5.26 Å². The van der Waals surface area contributed by atoms with Crippen molar-refractivity contribution in [3.8, 4) is 6.07 Å². The average Bonchev–Trinajstić information content (AvgIpc) is 2.74. The molecule has 0 saturated heterocycles. The smallest absolute Gasteiger partial charge is 0.194 e. The monoisotopic (exact) mass is 454 g/mol. The molecule has 0 fully saturated rings. The van der Waals surface area contributed by atoms with Crippen LogP contribution >= 0.6 is 11.9 Å². The summed E-state index contributed by atoms with van der Waals surface area (Å²) in [6, 6.07) is 15.6. The Labute approximate surface area is 199 Å². The van der Waals surface area contributed by atoms with Crippen molar-refractivity contribution in [2.45, 2.75) is 60.0 Å². The highest BCUT2D eigenvalue weighted by Gasteiger charge is 2.25. The highest BCUT2D eigenvalue weighted by Crippen LogP contribution is 2.34. The number of quaternary nitrogens is 1. The first-order valence-corrected chi connectivity index (χ1v) is 12.3. The molecule has 0 saturated carbocycles. The van der Waals surface area contributed by atoms with Crippen LogP contribution in [0.2, 0.25) is 0 Å². The topological polar surface area (TPSA) is 36.3 Å². The fraction of sp³-hybridized carbons (Fsp3) is 0.519. The van der Waals surface area contributed by atoms with E-state index in [0.717, 1.165) is 42.0 Å². The number of allylic oxidation sites excluding steroid dienone is 2. The van der Waals surface area contributed by atoms with Crippen molar-refractivity contribution in [3.05, 3.63) is 46.9 Å². The summed E-state index contributed by atoms with van der Waals surface area (Å²) in [5.74, 6) is 0. The lowest BCUT2D eigenvalue weighted by Crippen LogP contribution is -2.38. The minimum Gasteiger partial charge on any atom is -0.372 e. The number of hydrogen-bond donors (Lipinski definition) is 0. The summed E-state index contributed by atoms with van der Waals surface area (Å²) >= 11 is 1.54. The summed E-state index contributed by atoms with van der Waals surface area (Å²) in [5, 5.41) is 12.3. The van der Waals surface area contributed by atoms with Gasteiger partial charge >= 0.3 is 0 Å². The van der Waals surface area contributed by atoms with Gasteiger partial charge in [-0.3, -0.25) is 0 Å². The van der Waals surface area contributed by atoms with E-state index in [1.807, 2.05) is 27.7 Å². The van der Waals surface area contributed by atoms with Crippen molar-refractivity contribution < 1.29 is 8.63 Å². The second-order valence-electron chi connectivity index (χ2n) is 9.85. The van der Waals surface area contributed by atoms with Crippen LogP contribution < -0.4 is 4.90 Å². The lowest BCUT2D eigenvalue weighted by Gasteiger charge is -2.30. The Kier molecular flexibility index (Phi) is 9.21. The average molecular weight is 455 g/mol. The Balaban J connectivity index is 2.31. The fourth-order valence-corrected chi connectivity index (χ4v) is 4.39. The van der Waals surface area contributed by atoms with Gasteiger partial charge in [-0.05, 0) is 80.6 Å². The maximum Gasteiger partial charge on any atom is 0.194 e. The van der Waals surface area contributed by atoms with Gasteiger partial charge in [-0.2, -0.15) is 5.26 Å². The molecular weight excluding hydrogens is 414 g/mol. The molecule has 0 aliphatic heterocycles. The summed E-state index contributed by atoms with van der Waals surface area (Å²) in [7, 11) is 4.14. The molecule has 0 N–H and O–H groups in total. The van der Waals surface area contributed by atoms with Gasteiger partial charge in [0.25, 0.3) is 0 Å². The Morgan fingerprint density at radius 1 is 1.03 bits per heavy atom. The van der Waals surface area contributed by atoms with Crippen LogP contribution in [-0.2, 0) is 4.74 Å². The lowest BCUT2D eigenvalue weighted by atomic mass is 10.0. The van der Waals surface area contributed by atoms with E-state index in [-0.39, 0.29) is 5.60 Å². The van der Waals surface area contributed by atoms with E-state index in [4.69, 9.17) is 4.74 Å². The van der Waals surface area contributed by atoms with Gasteiger partial charge in [0, 0.05) is 18.8 Å². The van der Waals surface area contributed by atoms with E-state index in [1.165, 1.54) is 28.4 Å². The normalized spacial score (nSPS) is 13.1. The van der Waals surface area contributed by atoms with Crippen molar-refractivity contribution in [2.75, 3.05) is 38.8 Å². The second-order valence-corrected chi connectivity index (χ2v) is 11.4. The molecule has 0 amide bonds. The van der Waals surface area contributed by atoms with E-state index < -0.39 is 0 Å². The molecule has 4 nitrogen and oxygen atoms in total. The summed E-state index contributed by atoms with van der Waals surface area (Å²) in [6.07, 6.45) is 2.29. The minimum absolute atomic E-state index is 0.206. The molecule has 0 bridgehead atoms. The lowest BCUT2D eigenvalue weighted by molar-refractivity contribution is -0.778. The van der Waals surface area contributed by atoms with Gasteiger partial charge in [0.2, 0.25) is 0 Å². The van der Waals surface area contributed by atoms with Crippen molar-refractivity contribution in [1.82, 2.24) is 0 Å². The van der Waals surface area contributed by atoms with Crippen LogP contribution in [0, 0.1) is 11.3 Å². The molecule has 0 spiro atoms. The van der Waals surface area contributed by atoms with E-state index >= 15 is 0 Å². The van der Waals surface area contributed by atoms with Gasteiger partial charge in [0.15, 0.2) is 6.73 Å². The van der Waals surface area contributed by atoms with E-state index in [2.05, 4.69) is 75.3 Å². The molecule has 2 aromatic carbocycles. The zero-order chi connectivity index (χ0) is 23.9. The number of ether oxygens (including phenoxy) is 1. The molecule has 0 aliphatic carbocycles. The zero-order valence-corrected chi connectivity index (χ0v) is 22.0. The van der Waals surface area contributed by atoms with Crippen LogP contribution in [0.1, 0.15) is 59.9 Å². The number of rotatable bonds is 10. The largest absolute Gasteiger partial charge is 0.372 e. The van der Waals surface area contributed by atoms with E-state index in [0.29, 0.717) is 10.6 Å². The number of nitrogens with zero attached hydrogens (tertiary/aromatic N) is 3. The highest BCUT2D eigenvalue weighted by molar-refractivity contribution is 7.98. The summed E-state index contributed by atoms with van der Waals surface area (Å²) in [6.45, 7) is 15.3. The van der Waals surface area contributed by atoms with Gasteiger partial charge < -0.3 is 9.64 Å². The van der Waals surface area contributed by atoms with Crippen molar-refractivity contribution in [2.24, 2.45) is 0 Å². The van der Waals surface area contributed by atoms with Gasteiger partial charge in [-0.25, -0.2) is 3.89 Å². The molecular formula is C27H40N3OS+. The van der Waals surface area contributed by atoms with Gasteiger partial charge in [0.05, 0.1) is 19.7 Å². The number of hydrogen-bond acceptors (Lipinski definition) is 4. The first-order valence-electron chi connectivity index (χ1n) is 11.6. The van der Waals surface area contributed by atoms with Crippen molar-refractivity contribution >= 4 is 34.0 Å². The van der Waals surface area contributed by atoms with Crippen LogP contribution in [0.3, 0.4) is 0 Å².